The van der Waals surface area contributed by atoms with Crippen molar-refractivity contribution >= 4 is 49.1 Å². The van der Waals surface area contributed by atoms with E-state index < -0.39 is 0 Å². The summed E-state index contributed by atoms with van der Waals surface area (Å²) in [7, 11) is 0. The van der Waals surface area contributed by atoms with Crippen LogP contribution in [0.2, 0.25) is 0 Å². The van der Waals surface area contributed by atoms with E-state index in [4.69, 9.17) is 0 Å². The first-order valence-electron chi connectivity index (χ1n) is 5.71. The van der Waals surface area contributed by atoms with Gasteiger partial charge in [-0.15, -0.1) is 21.5 Å². The van der Waals surface area contributed by atoms with Crippen LogP contribution in [0.3, 0.4) is 0 Å². The minimum absolute atomic E-state index is 0.0867. The standard InChI is InChI=1S/C11H12Br2N4OS/c1-2-17-6-15-16-9(17)3-4-14-11(18)7-5-8(12)19-10(7)13/h5-6H,2-4H2,1H3,(H,14,18). The van der Waals surface area contributed by atoms with Crippen LogP contribution < -0.4 is 5.32 Å². The van der Waals surface area contributed by atoms with E-state index in [0.29, 0.717) is 18.5 Å². The zero-order valence-corrected chi connectivity index (χ0v) is 14.2. The quantitative estimate of drug-likeness (QED) is 0.828. The highest BCUT2D eigenvalue weighted by molar-refractivity contribution is 9.12. The molecule has 0 atom stereocenters. The molecule has 0 saturated heterocycles. The summed E-state index contributed by atoms with van der Waals surface area (Å²) in [5, 5.41) is 10.8. The molecule has 2 rings (SSSR count). The van der Waals surface area contributed by atoms with E-state index in [-0.39, 0.29) is 5.91 Å². The van der Waals surface area contributed by atoms with E-state index in [1.807, 2.05) is 11.5 Å². The summed E-state index contributed by atoms with van der Waals surface area (Å²) in [5.41, 5.74) is 0.647. The molecular weight excluding hydrogens is 396 g/mol. The summed E-state index contributed by atoms with van der Waals surface area (Å²) in [6, 6.07) is 1.80. The van der Waals surface area contributed by atoms with Crippen molar-refractivity contribution in [1.82, 2.24) is 20.1 Å². The Hall–Kier alpha value is -0.730. The second kappa shape index (κ2) is 6.62. The van der Waals surface area contributed by atoms with Gasteiger partial charge in [0.05, 0.1) is 13.1 Å². The van der Waals surface area contributed by atoms with Crippen molar-refractivity contribution in [3.63, 3.8) is 0 Å². The number of aromatic nitrogens is 3. The van der Waals surface area contributed by atoms with Gasteiger partial charge in [0.25, 0.3) is 5.91 Å². The Kier molecular flexibility index (Phi) is 5.12. The van der Waals surface area contributed by atoms with E-state index in [2.05, 4.69) is 47.4 Å². The van der Waals surface area contributed by atoms with Crippen molar-refractivity contribution < 1.29 is 4.79 Å². The molecular formula is C11H12Br2N4OS. The van der Waals surface area contributed by atoms with E-state index in [9.17, 15) is 4.79 Å². The Labute approximate surface area is 131 Å². The second-order valence-electron chi connectivity index (χ2n) is 3.78. The maximum atomic E-state index is 12.0. The first kappa shape index (κ1) is 14.7. The molecule has 0 fully saturated rings. The SMILES string of the molecule is CCn1cnnc1CCNC(=O)c1cc(Br)sc1Br. The number of hydrogen-bond donors (Lipinski definition) is 1. The molecule has 2 aromatic rings. The van der Waals surface area contributed by atoms with Crippen LogP contribution >= 0.6 is 43.2 Å². The average molecular weight is 408 g/mol. The van der Waals surface area contributed by atoms with Gasteiger partial charge in [0.1, 0.15) is 12.2 Å². The number of carbonyl (C=O) groups is 1. The third-order valence-electron chi connectivity index (χ3n) is 2.57. The number of rotatable bonds is 5. The molecule has 1 N–H and O–H groups in total. The van der Waals surface area contributed by atoms with Gasteiger partial charge in [-0.05, 0) is 44.8 Å². The summed E-state index contributed by atoms with van der Waals surface area (Å²) >= 11 is 8.21. The number of carbonyl (C=O) groups excluding carboxylic acids is 1. The molecule has 102 valence electrons. The third-order valence-corrected chi connectivity index (χ3v) is 4.91. The van der Waals surface area contributed by atoms with Crippen LogP contribution in [0.1, 0.15) is 23.1 Å². The normalized spacial score (nSPS) is 10.7. The topological polar surface area (TPSA) is 59.8 Å². The number of hydrogen-bond acceptors (Lipinski definition) is 4. The second-order valence-corrected chi connectivity index (χ2v) is 7.53. The van der Waals surface area contributed by atoms with Gasteiger partial charge in [-0.2, -0.15) is 0 Å². The van der Waals surface area contributed by atoms with Crippen molar-refractivity contribution in [3.05, 3.63) is 31.4 Å². The van der Waals surface area contributed by atoms with Crippen LogP contribution in [0.5, 0.6) is 0 Å². The van der Waals surface area contributed by atoms with Gasteiger partial charge < -0.3 is 9.88 Å². The molecule has 0 aliphatic rings. The van der Waals surface area contributed by atoms with Crippen LogP contribution in [-0.4, -0.2) is 27.2 Å². The molecule has 0 aliphatic heterocycles. The molecule has 0 aromatic carbocycles. The fourth-order valence-electron chi connectivity index (χ4n) is 1.61. The van der Waals surface area contributed by atoms with Gasteiger partial charge in [-0.3, -0.25) is 4.79 Å². The highest BCUT2D eigenvalue weighted by atomic mass is 79.9. The number of nitrogens with one attached hydrogen (secondary N) is 1. The largest absolute Gasteiger partial charge is 0.352 e. The number of halogens is 2. The van der Waals surface area contributed by atoms with Crippen molar-refractivity contribution in [2.24, 2.45) is 0 Å². The first-order valence-corrected chi connectivity index (χ1v) is 8.11. The fourth-order valence-corrected chi connectivity index (χ4v) is 4.41. The summed E-state index contributed by atoms with van der Waals surface area (Å²) in [4.78, 5) is 12.0. The summed E-state index contributed by atoms with van der Waals surface area (Å²) in [6.45, 7) is 3.40. The smallest absolute Gasteiger partial charge is 0.253 e. The van der Waals surface area contributed by atoms with Gasteiger partial charge >= 0.3 is 0 Å². The van der Waals surface area contributed by atoms with Crippen molar-refractivity contribution in [3.8, 4) is 0 Å². The van der Waals surface area contributed by atoms with Crippen molar-refractivity contribution in [2.45, 2.75) is 19.9 Å². The molecule has 0 unspecified atom stereocenters. The zero-order valence-electron chi connectivity index (χ0n) is 10.2. The van der Waals surface area contributed by atoms with E-state index in [1.54, 1.807) is 12.4 Å². The minimum atomic E-state index is -0.0867. The lowest BCUT2D eigenvalue weighted by Gasteiger charge is -2.05. The maximum absolute atomic E-state index is 12.0. The molecule has 0 aliphatic carbocycles. The molecule has 8 heteroatoms. The molecule has 0 bridgehead atoms. The molecule has 19 heavy (non-hydrogen) atoms. The molecule has 5 nitrogen and oxygen atoms in total. The summed E-state index contributed by atoms with van der Waals surface area (Å²) < 4.78 is 3.72. The molecule has 2 heterocycles. The Bertz CT molecular complexity index is 581. The zero-order chi connectivity index (χ0) is 13.8. The Balaban J connectivity index is 1.89. The number of amides is 1. The number of thiophene rings is 1. The number of aryl methyl sites for hydroxylation is 1. The average Bonchev–Trinajstić information content (AvgIpc) is 2.95. The molecule has 1 amide bonds. The molecule has 0 radical (unpaired) electrons. The molecule has 2 aromatic heterocycles. The third kappa shape index (κ3) is 3.64. The van der Waals surface area contributed by atoms with E-state index in [1.165, 1.54) is 11.3 Å². The van der Waals surface area contributed by atoms with Crippen LogP contribution in [0, 0.1) is 0 Å². The predicted molar refractivity (Wildman–Crippen MR) is 81.5 cm³/mol. The van der Waals surface area contributed by atoms with Crippen molar-refractivity contribution in [1.29, 1.82) is 0 Å². The maximum Gasteiger partial charge on any atom is 0.253 e. The van der Waals surface area contributed by atoms with Gasteiger partial charge in [0.2, 0.25) is 0 Å². The van der Waals surface area contributed by atoms with Crippen LogP contribution in [0.25, 0.3) is 0 Å². The van der Waals surface area contributed by atoms with Crippen LogP contribution in [0.4, 0.5) is 0 Å². The van der Waals surface area contributed by atoms with Crippen molar-refractivity contribution in [2.75, 3.05) is 6.54 Å². The summed E-state index contributed by atoms with van der Waals surface area (Å²) in [5.74, 6) is 0.796. The fraction of sp³-hybridized carbons (Fsp3) is 0.364. The first-order chi connectivity index (χ1) is 9.11. The van der Waals surface area contributed by atoms with Gasteiger partial charge in [0.15, 0.2) is 0 Å². The van der Waals surface area contributed by atoms with Gasteiger partial charge in [0, 0.05) is 19.5 Å². The van der Waals surface area contributed by atoms with Crippen LogP contribution in [0.15, 0.2) is 20.0 Å². The highest BCUT2D eigenvalue weighted by Crippen LogP contribution is 2.31. The monoisotopic (exact) mass is 406 g/mol. The lowest BCUT2D eigenvalue weighted by atomic mass is 10.3. The minimum Gasteiger partial charge on any atom is -0.352 e. The predicted octanol–water partition coefficient (Wildman–Crippen LogP) is 2.86. The lowest BCUT2D eigenvalue weighted by molar-refractivity contribution is 0.0953. The van der Waals surface area contributed by atoms with E-state index >= 15 is 0 Å². The van der Waals surface area contributed by atoms with Gasteiger partial charge in [-0.25, -0.2) is 0 Å². The Morgan fingerprint density at radius 3 is 2.95 bits per heavy atom. The highest BCUT2D eigenvalue weighted by Gasteiger charge is 2.13. The molecule has 0 spiro atoms. The number of nitrogens with zero attached hydrogens (tertiary/aromatic N) is 3. The Morgan fingerprint density at radius 2 is 2.32 bits per heavy atom. The Morgan fingerprint density at radius 1 is 1.53 bits per heavy atom. The van der Waals surface area contributed by atoms with Crippen LogP contribution in [-0.2, 0) is 13.0 Å². The van der Waals surface area contributed by atoms with E-state index in [0.717, 1.165) is 19.9 Å². The lowest BCUT2D eigenvalue weighted by Crippen LogP contribution is -2.26. The molecule has 0 saturated carbocycles. The summed E-state index contributed by atoms with van der Waals surface area (Å²) in [6.07, 6.45) is 2.37. The van der Waals surface area contributed by atoms with Gasteiger partial charge in [-0.1, -0.05) is 0 Å².